The number of aryl methyl sites for hydroxylation is 1. The summed E-state index contributed by atoms with van der Waals surface area (Å²) in [7, 11) is -3.95. The number of Topliss-reactive ketones (excluding diaryl/α,β-unsaturated/α-hetero) is 1. The van der Waals surface area contributed by atoms with Crippen molar-refractivity contribution in [3.05, 3.63) is 124 Å². The van der Waals surface area contributed by atoms with Gasteiger partial charge in [-0.25, -0.2) is 18.1 Å². The molecule has 0 atom stereocenters. The van der Waals surface area contributed by atoms with E-state index in [-0.39, 0.29) is 23.0 Å². The van der Waals surface area contributed by atoms with Crippen LogP contribution in [0.3, 0.4) is 0 Å². The van der Waals surface area contributed by atoms with Crippen molar-refractivity contribution >= 4 is 56.3 Å². The molecule has 0 spiro atoms. The van der Waals surface area contributed by atoms with Crippen LogP contribution >= 0.6 is 11.8 Å². The highest BCUT2D eigenvalue weighted by Crippen LogP contribution is 2.29. The van der Waals surface area contributed by atoms with Gasteiger partial charge in [-0.2, -0.15) is 0 Å². The maximum Gasteiger partial charge on any atom is 0.264 e. The van der Waals surface area contributed by atoms with E-state index in [0.29, 0.717) is 26.9 Å². The first kappa shape index (κ1) is 29.7. The van der Waals surface area contributed by atoms with Crippen molar-refractivity contribution in [2.24, 2.45) is 4.99 Å². The van der Waals surface area contributed by atoms with Gasteiger partial charge in [-0.3, -0.25) is 14.4 Å². The number of nitrogens with one attached hydrogen (secondary N) is 2. The van der Waals surface area contributed by atoms with Crippen LogP contribution in [0.4, 0.5) is 5.69 Å². The summed E-state index contributed by atoms with van der Waals surface area (Å²) in [6, 6.07) is 28.2. The molecule has 0 radical (unpaired) electrons. The highest BCUT2D eigenvalue weighted by Gasteiger charge is 2.24. The number of carbonyl (C=O) groups is 3. The number of benzene rings is 4. The molecule has 2 N–H and O–H groups in total. The Bertz CT molecular complexity index is 1860. The number of sulfonamides is 1. The monoisotopic (exact) mass is 609 g/mol. The van der Waals surface area contributed by atoms with Gasteiger partial charge in [-0.15, -0.1) is 0 Å². The third-order valence-corrected chi connectivity index (χ3v) is 8.89. The molecule has 1 aliphatic heterocycles. The molecule has 4 aromatic rings. The van der Waals surface area contributed by atoms with E-state index in [4.69, 9.17) is 0 Å². The van der Waals surface area contributed by atoms with Crippen LogP contribution < -0.4 is 10.0 Å². The zero-order valence-electron chi connectivity index (χ0n) is 23.3. The fourth-order valence-corrected chi connectivity index (χ4v) is 6.08. The van der Waals surface area contributed by atoms with Crippen LogP contribution in [0, 0.1) is 6.92 Å². The third-order valence-electron chi connectivity index (χ3n) is 6.60. The van der Waals surface area contributed by atoms with Crippen LogP contribution in [-0.4, -0.2) is 31.2 Å². The fraction of sp³-hybridized carbons (Fsp3) is 0.0909. The van der Waals surface area contributed by atoms with Crippen molar-refractivity contribution in [2.75, 3.05) is 0 Å². The number of hydrogen-bond donors (Lipinski definition) is 2. The van der Waals surface area contributed by atoms with E-state index in [1.807, 2.05) is 43.3 Å². The SMILES string of the molecule is CC(=O)c1ccc(-c2ccc(C=C3SC(=Nc4ccc(CC(=O)NS(=O)(=O)c5ccc(C)cc5)cc4)NC3=O)cc2)cc1. The van der Waals surface area contributed by atoms with Crippen LogP contribution in [0.2, 0.25) is 0 Å². The van der Waals surface area contributed by atoms with E-state index in [9.17, 15) is 22.8 Å². The Labute approximate surface area is 254 Å². The van der Waals surface area contributed by atoms with Gasteiger partial charge in [0, 0.05) is 5.56 Å². The molecule has 8 nitrogen and oxygen atoms in total. The van der Waals surface area contributed by atoms with Crippen LogP contribution in [0.5, 0.6) is 0 Å². The van der Waals surface area contributed by atoms with Gasteiger partial charge in [0.15, 0.2) is 11.0 Å². The molecule has 2 amide bonds. The van der Waals surface area contributed by atoms with Crippen LogP contribution in [0.1, 0.15) is 34.0 Å². The van der Waals surface area contributed by atoms with Crippen molar-refractivity contribution in [3.63, 3.8) is 0 Å². The van der Waals surface area contributed by atoms with E-state index in [1.54, 1.807) is 54.6 Å². The van der Waals surface area contributed by atoms with Gasteiger partial charge in [0.2, 0.25) is 5.91 Å². The maximum atomic E-state index is 12.6. The zero-order chi connectivity index (χ0) is 30.6. The van der Waals surface area contributed by atoms with E-state index in [0.717, 1.165) is 22.3 Å². The third kappa shape index (κ3) is 7.54. The maximum absolute atomic E-state index is 12.6. The molecule has 4 aromatic carbocycles. The van der Waals surface area contributed by atoms with Crippen molar-refractivity contribution in [1.29, 1.82) is 0 Å². The summed E-state index contributed by atoms with van der Waals surface area (Å²) < 4.78 is 27.0. The first-order valence-corrected chi connectivity index (χ1v) is 15.6. The quantitative estimate of drug-likeness (QED) is 0.192. The Hall–Kier alpha value is -4.80. The number of amidine groups is 1. The predicted octanol–water partition coefficient (Wildman–Crippen LogP) is 5.80. The number of ketones is 1. The molecule has 5 rings (SSSR count). The molecular weight excluding hydrogens is 583 g/mol. The Morgan fingerprint density at radius 3 is 2.07 bits per heavy atom. The van der Waals surface area contributed by atoms with Crippen LogP contribution in [-0.2, 0) is 26.0 Å². The molecule has 1 saturated heterocycles. The number of nitrogens with zero attached hydrogens (tertiary/aromatic N) is 1. The summed E-state index contributed by atoms with van der Waals surface area (Å²) in [6.45, 7) is 3.38. The highest BCUT2D eigenvalue weighted by molar-refractivity contribution is 8.18. The lowest BCUT2D eigenvalue weighted by molar-refractivity contribution is -0.118. The summed E-state index contributed by atoms with van der Waals surface area (Å²) in [5, 5.41) is 3.19. The molecule has 1 aliphatic rings. The molecule has 0 aromatic heterocycles. The van der Waals surface area contributed by atoms with E-state index < -0.39 is 15.9 Å². The minimum atomic E-state index is -3.95. The molecule has 0 aliphatic carbocycles. The first-order chi connectivity index (χ1) is 20.6. The minimum Gasteiger partial charge on any atom is -0.300 e. The van der Waals surface area contributed by atoms with Gasteiger partial charge < -0.3 is 5.32 Å². The molecule has 43 heavy (non-hydrogen) atoms. The smallest absolute Gasteiger partial charge is 0.264 e. The highest BCUT2D eigenvalue weighted by atomic mass is 32.2. The van der Waals surface area contributed by atoms with Gasteiger partial charge in [0.1, 0.15) is 0 Å². The minimum absolute atomic E-state index is 0.0227. The largest absolute Gasteiger partial charge is 0.300 e. The molecule has 10 heteroatoms. The summed E-state index contributed by atoms with van der Waals surface area (Å²) in [4.78, 5) is 41.5. The molecule has 0 unspecified atom stereocenters. The normalized spacial score (nSPS) is 15.0. The van der Waals surface area contributed by atoms with Gasteiger partial charge in [-0.1, -0.05) is 78.4 Å². The zero-order valence-corrected chi connectivity index (χ0v) is 25.0. The number of carbonyl (C=O) groups excluding carboxylic acids is 3. The molecule has 1 heterocycles. The van der Waals surface area contributed by atoms with Crippen molar-refractivity contribution < 1.29 is 22.8 Å². The average molecular weight is 610 g/mol. The van der Waals surface area contributed by atoms with Crippen LogP contribution in [0.25, 0.3) is 17.2 Å². The first-order valence-electron chi connectivity index (χ1n) is 13.3. The number of thioether (sulfide) groups is 1. The van der Waals surface area contributed by atoms with E-state index >= 15 is 0 Å². The van der Waals surface area contributed by atoms with E-state index in [1.165, 1.54) is 30.8 Å². The summed E-state index contributed by atoms with van der Waals surface area (Å²) in [5.41, 5.74) is 5.61. The van der Waals surface area contributed by atoms with Crippen molar-refractivity contribution in [2.45, 2.75) is 25.2 Å². The van der Waals surface area contributed by atoms with Gasteiger partial charge in [-0.05, 0) is 78.2 Å². The lowest BCUT2D eigenvalue weighted by Gasteiger charge is -2.07. The van der Waals surface area contributed by atoms with Crippen molar-refractivity contribution in [3.8, 4) is 11.1 Å². The second-order valence-corrected chi connectivity index (χ2v) is 12.6. The predicted molar refractivity (Wildman–Crippen MR) is 169 cm³/mol. The number of aliphatic imine (C=N–C) groups is 1. The topological polar surface area (TPSA) is 122 Å². The molecule has 0 saturated carbocycles. The van der Waals surface area contributed by atoms with Gasteiger partial charge in [0.25, 0.3) is 15.9 Å². The number of amides is 2. The lowest BCUT2D eigenvalue weighted by Crippen LogP contribution is -2.31. The second-order valence-electron chi connectivity index (χ2n) is 9.92. The Balaban J connectivity index is 1.19. The lowest BCUT2D eigenvalue weighted by atomic mass is 10.0. The van der Waals surface area contributed by atoms with E-state index in [2.05, 4.69) is 15.0 Å². The Morgan fingerprint density at radius 1 is 0.860 bits per heavy atom. The average Bonchev–Trinajstić information content (AvgIpc) is 3.32. The molecule has 0 bridgehead atoms. The van der Waals surface area contributed by atoms with Gasteiger partial charge in [0.05, 0.1) is 21.9 Å². The van der Waals surface area contributed by atoms with Crippen LogP contribution in [0.15, 0.2) is 112 Å². The molecule has 1 fully saturated rings. The van der Waals surface area contributed by atoms with Gasteiger partial charge >= 0.3 is 0 Å². The summed E-state index contributed by atoms with van der Waals surface area (Å²) in [6.07, 6.45) is 1.67. The fourth-order valence-electron chi connectivity index (χ4n) is 4.25. The Morgan fingerprint density at radius 2 is 1.47 bits per heavy atom. The number of rotatable bonds is 8. The Kier molecular flexibility index (Phi) is 8.70. The molecule has 216 valence electrons. The molecular formula is C33H27N3O5S2. The number of hydrogen-bond acceptors (Lipinski definition) is 7. The summed E-state index contributed by atoms with van der Waals surface area (Å²) >= 11 is 1.22. The summed E-state index contributed by atoms with van der Waals surface area (Å²) in [5.74, 6) is -0.878. The van der Waals surface area contributed by atoms with Crippen molar-refractivity contribution in [1.82, 2.24) is 10.0 Å². The second kappa shape index (κ2) is 12.6. The standard InChI is InChI=1S/C33H27N3O5S2/c1-21-3-17-29(18-4-21)43(40,41)36-31(38)20-24-7-15-28(16-8-24)34-33-35-32(39)30(42-33)19-23-5-9-26(10-6-23)27-13-11-25(12-14-27)22(2)37/h3-19H,20H2,1-2H3,(H,36,38)(H,34,35,39).